The highest BCUT2D eigenvalue weighted by Crippen LogP contribution is 2.33. The lowest BCUT2D eigenvalue weighted by Gasteiger charge is -2.24. The monoisotopic (exact) mass is 455 g/mol. The van der Waals surface area contributed by atoms with E-state index in [0.717, 1.165) is 64.3 Å². The van der Waals surface area contributed by atoms with Gasteiger partial charge in [-0.05, 0) is 12.8 Å². The molecule has 0 unspecified atom stereocenters. The molecular weight excluding hydrogens is 418 g/mol. The van der Waals surface area contributed by atoms with Crippen LogP contribution in [-0.4, -0.2) is 105 Å². The lowest BCUT2D eigenvalue weighted by molar-refractivity contribution is -0.132. The van der Waals surface area contributed by atoms with Crippen LogP contribution in [0, 0.1) is 0 Å². The van der Waals surface area contributed by atoms with Crippen LogP contribution < -0.4 is 31.9 Å². The van der Waals surface area contributed by atoms with Gasteiger partial charge in [0.1, 0.15) is 0 Å². The van der Waals surface area contributed by atoms with Crippen molar-refractivity contribution in [1.82, 2.24) is 36.8 Å². The van der Waals surface area contributed by atoms with Gasteiger partial charge in [-0.2, -0.15) is 11.8 Å². The smallest absolute Gasteiger partial charge is 0.315 e. The molecule has 3 saturated heterocycles. The molecule has 3 aliphatic heterocycles. The van der Waals surface area contributed by atoms with Crippen LogP contribution in [0.3, 0.4) is 0 Å². The van der Waals surface area contributed by atoms with Crippen molar-refractivity contribution in [2.75, 3.05) is 64.7 Å². The summed E-state index contributed by atoms with van der Waals surface area (Å²) in [6.45, 7) is 6.42. The van der Waals surface area contributed by atoms with Gasteiger partial charge < -0.3 is 36.8 Å². The van der Waals surface area contributed by atoms with Gasteiger partial charge in [0.2, 0.25) is 11.8 Å². The van der Waals surface area contributed by atoms with Crippen LogP contribution in [0.25, 0.3) is 0 Å². The largest absolute Gasteiger partial charge is 0.347 e. The number of unbranched alkanes of at least 4 members (excludes halogenated alkanes) is 1. The Labute approximate surface area is 188 Å². The topological polar surface area (TPSA) is 127 Å². The highest BCUT2D eigenvalue weighted by molar-refractivity contribution is 8.00. The Kier molecular flexibility index (Phi) is 10.2. The number of carbonyl (C=O) groups excluding carboxylic acids is 3. The van der Waals surface area contributed by atoms with Crippen molar-refractivity contribution in [3.63, 3.8) is 0 Å². The van der Waals surface area contributed by atoms with Gasteiger partial charge in [0, 0.05) is 69.8 Å². The van der Waals surface area contributed by atoms with Gasteiger partial charge in [0.05, 0.1) is 18.6 Å². The molecule has 6 N–H and O–H groups in total. The fraction of sp³-hybridized carbons (Fsp3) is 0.850. The van der Waals surface area contributed by atoms with Gasteiger partial charge in [-0.1, -0.05) is 6.42 Å². The van der Waals surface area contributed by atoms with Crippen LogP contribution in [0.4, 0.5) is 4.79 Å². The zero-order valence-electron chi connectivity index (χ0n) is 18.2. The molecule has 31 heavy (non-hydrogen) atoms. The van der Waals surface area contributed by atoms with E-state index in [1.807, 2.05) is 16.7 Å². The second-order valence-corrected chi connectivity index (χ2v) is 9.55. The minimum atomic E-state index is -0.0715. The fourth-order valence-electron chi connectivity index (χ4n) is 4.17. The number of fused-ring (bicyclic) bond motifs is 1. The van der Waals surface area contributed by atoms with Crippen molar-refractivity contribution in [2.45, 2.75) is 43.0 Å². The van der Waals surface area contributed by atoms with E-state index in [4.69, 9.17) is 0 Å². The van der Waals surface area contributed by atoms with Gasteiger partial charge in [0.15, 0.2) is 0 Å². The molecule has 4 amide bonds. The lowest BCUT2D eigenvalue weighted by atomic mass is 10.0. The van der Waals surface area contributed by atoms with Crippen molar-refractivity contribution >= 4 is 29.6 Å². The summed E-state index contributed by atoms with van der Waals surface area (Å²) in [6, 6.07) is 0.388. The van der Waals surface area contributed by atoms with E-state index >= 15 is 0 Å². The number of rotatable bonds is 7. The standard InChI is InChI=1S/C20H37N7O3S/c28-17(4-2-1-3-16-19-15(14-31-16)25-20(30)26-19)24-13-18(29)27-11-9-22-7-5-21-6-8-23-10-12-27/h15-16,19,21-23H,1-14H2,(H,24,28)(H2,25,26,30)/t15-,16-,19-/m0/s1. The van der Waals surface area contributed by atoms with Crippen LogP contribution in [-0.2, 0) is 9.59 Å². The van der Waals surface area contributed by atoms with E-state index < -0.39 is 0 Å². The van der Waals surface area contributed by atoms with Crippen LogP contribution in [0.5, 0.6) is 0 Å². The number of hydrogen-bond donors (Lipinski definition) is 6. The number of carbonyl (C=O) groups is 3. The zero-order valence-corrected chi connectivity index (χ0v) is 19.0. The fourth-order valence-corrected chi connectivity index (χ4v) is 5.71. The summed E-state index contributed by atoms with van der Waals surface area (Å²) in [5, 5.41) is 19.2. The van der Waals surface area contributed by atoms with Crippen LogP contribution in [0.1, 0.15) is 25.7 Å². The summed E-state index contributed by atoms with van der Waals surface area (Å²) in [6.07, 6.45) is 3.15. The molecule has 3 aliphatic rings. The predicted octanol–water partition coefficient (Wildman–Crippen LogP) is -1.56. The maximum absolute atomic E-state index is 12.6. The Hall–Kier alpha value is -1.56. The van der Waals surface area contributed by atoms with Gasteiger partial charge in [0.25, 0.3) is 0 Å². The maximum Gasteiger partial charge on any atom is 0.315 e. The molecule has 0 aromatic heterocycles. The average molecular weight is 456 g/mol. The zero-order chi connectivity index (χ0) is 21.9. The Morgan fingerprint density at radius 1 is 0.968 bits per heavy atom. The van der Waals surface area contributed by atoms with E-state index in [2.05, 4.69) is 31.9 Å². The summed E-state index contributed by atoms with van der Waals surface area (Å²) in [4.78, 5) is 38.0. The maximum atomic E-state index is 12.6. The molecule has 0 aromatic rings. The Morgan fingerprint density at radius 2 is 1.65 bits per heavy atom. The average Bonchev–Trinajstić information content (AvgIpc) is 3.29. The Balaban J connectivity index is 1.28. The third kappa shape index (κ3) is 8.13. The summed E-state index contributed by atoms with van der Waals surface area (Å²) in [7, 11) is 0. The van der Waals surface area contributed by atoms with Crippen LogP contribution in [0.15, 0.2) is 0 Å². The minimum Gasteiger partial charge on any atom is -0.347 e. The normalized spacial score (nSPS) is 27.4. The van der Waals surface area contributed by atoms with Gasteiger partial charge in [-0.15, -0.1) is 0 Å². The highest BCUT2D eigenvalue weighted by Gasteiger charge is 2.42. The van der Waals surface area contributed by atoms with Crippen molar-refractivity contribution < 1.29 is 14.4 Å². The van der Waals surface area contributed by atoms with Crippen LogP contribution in [0.2, 0.25) is 0 Å². The highest BCUT2D eigenvalue weighted by atomic mass is 32.2. The number of amides is 4. The molecular formula is C20H37N7O3S. The molecule has 0 spiro atoms. The lowest BCUT2D eigenvalue weighted by Crippen LogP contribution is -2.47. The molecule has 11 heteroatoms. The molecule has 3 heterocycles. The summed E-state index contributed by atoms with van der Waals surface area (Å²) in [5.41, 5.74) is 0. The molecule has 3 atom stereocenters. The molecule has 0 bridgehead atoms. The quantitative estimate of drug-likeness (QED) is 0.202. The molecule has 3 fully saturated rings. The second-order valence-electron chi connectivity index (χ2n) is 8.28. The summed E-state index contributed by atoms with van der Waals surface area (Å²) >= 11 is 1.89. The molecule has 3 rings (SSSR count). The van der Waals surface area contributed by atoms with E-state index in [1.165, 1.54) is 0 Å². The number of nitrogens with zero attached hydrogens (tertiary/aromatic N) is 1. The van der Waals surface area contributed by atoms with Crippen molar-refractivity contribution in [3.05, 3.63) is 0 Å². The Morgan fingerprint density at radius 3 is 2.35 bits per heavy atom. The molecule has 176 valence electrons. The van der Waals surface area contributed by atoms with E-state index in [-0.39, 0.29) is 36.5 Å². The Bertz CT molecular complexity index is 597. The molecule has 0 radical (unpaired) electrons. The number of thioether (sulfide) groups is 1. The number of urea groups is 1. The first kappa shape index (κ1) is 24.1. The molecule has 0 aromatic carbocycles. The molecule has 10 nitrogen and oxygen atoms in total. The van der Waals surface area contributed by atoms with E-state index in [1.54, 1.807) is 0 Å². The summed E-state index contributed by atoms with van der Waals surface area (Å²) in [5.74, 6) is 0.845. The van der Waals surface area contributed by atoms with Gasteiger partial charge >= 0.3 is 6.03 Å². The first-order valence-corrected chi connectivity index (χ1v) is 12.5. The number of nitrogens with one attached hydrogen (secondary N) is 6. The second kappa shape index (κ2) is 13.1. The van der Waals surface area contributed by atoms with E-state index in [9.17, 15) is 14.4 Å². The van der Waals surface area contributed by atoms with Crippen molar-refractivity contribution in [1.29, 1.82) is 0 Å². The SMILES string of the molecule is O=C(CCCC[C@@H]1SC[C@@H]2NC(=O)N[C@@H]21)NCC(=O)N1CCNCCNCCNCC1. The van der Waals surface area contributed by atoms with E-state index in [0.29, 0.717) is 24.8 Å². The van der Waals surface area contributed by atoms with Crippen molar-refractivity contribution in [2.24, 2.45) is 0 Å². The first-order chi connectivity index (χ1) is 15.1. The molecule has 0 aliphatic carbocycles. The third-order valence-corrected chi connectivity index (χ3v) is 7.45. The third-order valence-electron chi connectivity index (χ3n) is 5.94. The van der Waals surface area contributed by atoms with Gasteiger partial charge in [-0.3, -0.25) is 9.59 Å². The summed E-state index contributed by atoms with van der Waals surface area (Å²) < 4.78 is 0. The van der Waals surface area contributed by atoms with Gasteiger partial charge in [-0.25, -0.2) is 4.79 Å². The number of hydrogen-bond acceptors (Lipinski definition) is 7. The van der Waals surface area contributed by atoms with Crippen molar-refractivity contribution in [3.8, 4) is 0 Å². The molecule has 0 saturated carbocycles. The van der Waals surface area contributed by atoms with Crippen LogP contribution >= 0.6 is 11.8 Å². The first-order valence-electron chi connectivity index (χ1n) is 11.5. The predicted molar refractivity (Wildman–Crippen MR) is 122 cm³/mol. The minimum absolute atomic E-state index is 0.0370.